The first-order valence-corrected chi connectivity index (χ1v) is 8.82. The largest absolute Gasteiger partial charge is 0.365 e. The van der Waals surface area contributed by atoms with Crippen LogP contribution in [-0.2, 0) is 7.05 Å². The summed E-state index contributed by atoms with van der Waals surface area (Å²) in [7, 11) is 1.65. The van der Waals surface area contributed by atoms with Crippen LogP contribution < -0.4 is 11.1 Å². The number of nitrogens with two attached hydrogens (primary N) is 1. The van der Waals surface area contributed by atoms with Crippen molar-refractivity contribution in [2.45, 2.75) is 13.3 Å². The molecule has 3 aromatic heterocycles. The second kappa shape index (κ2) is 6.72. The Kier molecular flexibility index (Phi) is 4.76. The first-order valence-electron chi connectivity index (χ1n) is 7.21. The minimum absolute atomic E-state index is 0.0300. The minimum Gasteiger partial charge on any atom is -0.365 e. The first-order chi connectivity index (χ1) is 12.2. The molecular formula is C15H12BrF2N5O2S. The smallest absolute Gasteiger partial charge is 0.280 e. The van der Waals surface area contributed by atoms with Crippen molar-refractivity contribution in [2.75, 3.05) is 5.32 Å². The Morgan fingerprint density at radius 2 is 2.12 bits per heavy atom. The number of amides is 2. The number of alkyl halides is 2. The van der Waals surface area contributed by atoms with Gasteiger partial charge in [-0.15, -0.1) is 11.3 Å². The van der Waals surface area contributed by atoms with E-state index in [1.807, 2.05) is 0 Å². The highest BCUT2D eigenvalue weighted by Crippen LogP contribution is 2.38. The molecule has 0 fully saturated rings. The SMILES string of the molecule is Cc1cc(C(F)F)nc2sc(C(N)=O)c(NC(=O)c3nn(C)cc3Br)c12. The molecule has 0 spiro atoms. The van der Waals surface area contributed by atoms with Gasteiger partial charge in [0.25, 0.3) is 18.2 Å². The number of nitrogens with one attached hydrogen (secondary N) is 1. The van der Waals surface area contributed by atoms with Crippen molar-refractivity contribution in [3.8, 4) is 0 Å². The van der Waals surface area contributed by atoms with Gasteiger partial charge in [0, 0.05) is 18.6 Å². The molecule has 0 radical (unpaired) electrons. The molecular weight excluding hydrogens is 432 g/mol. The molecule has 3 rings (SSSR count). The van der Waals surface area contributed by atoms with Crippen molar-refractivity contribution >= 4 is 55.0 Å². The van der Waals surface area contributed by atoms with Crippen LogP contribution in [0.15, 0.2) is 16.7 Å². The van der Waals surface area contributed by atoms with Crippen molar-refractivity contribution in [3.05, 3.63) is 38.6 Å². The van der Waals surface area contributed by atoms with Gasteiger partial charge in [-0.3, -0.25) is 14.3 Å². The van der Waals surface area contributed by atoms with Crippen LogP contribution >= 0.6 is 27.3 Å². The normalized spacial score (nSPS) is 11.3. The summed E-state index contributed by atoms with van der Waals surface area (Å²) in [6.07, 6.45) is -1.16. The lowest BCUT2D eigenvalue weighted by Crippen LogP contribution is -2.17. The molecule has 2 amide bonds. The number of aromatic nitrogens is 3. The topological polar surface area (TPSA) is 103 Å². The number of hydrogen-bond acceptors (Lipinski definition) is 5. The summed E-state index contributed by atoms with van der Waals surface area (Å²) in [6, 6.07) is 1.22. The highest BCUT2D eigenvalue weighted by Gasteiger charge is 2.24. The molecule has 0 aliphatic heterocycles. The van der Waals surface area contributed by atoms with Gasteiger partial charge in [0.15, 0.2) is 5.69 Å². The van der Waals surface area contributed by atoms with Crippen molar-refractivity contribution in [2.24, 2.45) is 12.8 Å². The van der Waals surface area contributed by atoms with Crippen LogP contribution in [0.25, 0.3) is 10.2 Å². The Labute approximate surface area is 158 Å². The summed E-state index contributed by atoms with van der Waals surface area (Å²) in [5.74, 6) is -1.36. The standard InChI is InChI=1S/C15H12BrF2N5O2S/c1-5-3-7(12(17)18)20-15-8(5)10(11(26-15)13(19)24)21-14(25)9-6(16)4-23(2)22-9/h3-4,12H,1-2H3,(H2,19,24)(H,21,25). The molecule has 0 atom stereocenters. The van der Waals surface area contributed by atoms with Crippen molar-refractivity contribution in [1.29, 1.82) is 0 Å². The Morgan fingerprint density at radius 3 is 2.65 bits per heavy atom. The average molecular weight is 444 g/mol. The van der Waals surface area contributed by atoms with Crippen LogP contribution in [0.2, 0.25) is 0 Å². The van der Waals surface area contributed by atoms with Gasteiger partial charge in [-0.1, -0.05) is 0 Å². The number of nitrogens with zero attached hydrogens (tertiary/aromatic N) is 3. The summed E-state index contributed by atoms with van der Waals surface area (Å²) in [5, 5.41) is 7.04. The summed E-state index contributed by atoms with van der Waals surface area (Å²) < 4.78 is 27.9. The number of fused-ring (bicyclic) bond motifs is 1. The van der Waals surface area contributed by atoms with Gasteiger partial charge < -0.3 is 11.1 Å². The Morgan fingerprint density at radius 1 is 1.42 bits per heavy atom. The zero-order valence-corrected chi connectivity index (χ0v) is 15.9. The van der Waals surface area contributed by atoms with Crippen LogP contribution in [0.4, 0.5) is 14.5 Å². The summed E-state index contributed by atoms with van der Waals surface area (Å²) in [4.78, 5) is 28.4. The average Bonchev–Trinajstić information content (AvgIpc) is 3.07. The first kappa shape index (κ1) is 18.4. The van der Waals surface area contributed by atoms with Crippen molar-refractivity contribution < 1.29 is 18.4 Å². The van der Waals surface area contributed by atoms with Crippen molar-refractivity contribution in [1.82, 2.24) is 14.8 Å². The van der Waals surface area contributed by atoms with E-state index in [4.69, 9.17) is 5.73 Å². The molecule has 0 saturated heterocycles. The van der Waals surface area contributed by atoms with Gasteiger partial charge in [-0.2, -0.15) is 5.10 Å². The van der Waals surface area contributed by atoms with Crippen molar-refractivity contribution in [3.63, 3.8) is 0 Å². The highest BCUT2D eigenvalue weighted by atomic mass is 79.9. The Balaban J connectivity index is 2.14. The molecule has 0 aliphatic rings. The maximum absolute atomic E-state index is 13.0. The molecule has 0 bridgehead atoms. The maximum atomic E-state index is 13.0. The quantitative estimate of drug-likeness (QED) is 0.644. The lowest BCUT2D eigenvalue weighted by molar-refractivity contribution is 0.100. The summed E-state index contributed by atoms with van der Waals surface area (Å²) in [6.45, 7) is 1.60. The number of carbonyl (C=O) groups excluding carboxylic acids is 2. The molecule has 0 saturated carbocycles. The number of hydrogen-bond donors (Lipinski definition) is 2. The number of halogens is 3. The van der Waals surface area contributed by atoms with E-state index in [-0.39, 0.29) is 21.1 Å². The third kappa shape index (κ3) is 3.19. The fourth-order valence-corrected chi connectivity index (χ4v) is 4.12. The van der Waals surface area contributed by atoms with Crippen LogP contribution in [0.3, 0.4) is 0 Å². The Hall–Kier alpha value is -2.40. The second-order valence-corrected chi connectivity index (χ2v) is 7.32. The molecule has 0 aromatic carbocycles. The lowest BCUT2D eigenvalue weighted by atomic mass is 10.1. The maximum Gasteiger partial charge on any atom is 0.280 e. The van der Waals surface area contributed by atoms with Gasteiger partial charge in [-0.05, 0) is 34.5 Å². The molecule has 11 heteroatoms. The Bertz CT molecular complexity index is 1050. The zero-order chi connectivity index (χ0) is 19.2. The van der Waals surface area contributed by atoms with E-state index in [9.17, 15) is 18.4 Å². The van der Waals surface area contributed by atoms with Gasteiger partial charge in [-0.25, -0.2) is 13.8 Å². The molecule has 26 heavy (non-hydrogen) atoms. The van der Waals surface area contributed by atoms with Gasteiger partial charge in [0.2, 0.25) is 0 Å². The monoisotopic (exact) mass is 443 g/mol. The van der Waals surface area contributed by atoms with Gasteiger partial charge in [0.05, 0.1) is 10.2 Å². The van der Waals surface area contributed by atoms with E-state index in [2.05, 4.69) is 31.3 Å². The van der Waals surface area contributed by atoms with E-state index in [0.717, 1.165) is 11.3 Å². The molecule has 136 valence electrons. The number of pyridine rings is 1. The molecule has 0 unspecified atom stereocenters. The molecule has 3 aromatic rings. The van der Waals surface area contributed by atoms with Crippen LogP contribution in [0, 0.1) is 6.92 Å². The van der Waals surface area contributed by atoms with E-state index in [0.29, 0.717) is 15.4 Å². The number of anilines is 1. The minimum atomic E-state index is -2.75. The zero-order valence-electron chi connectivity index (χ0n) is 13.5. The number of thiophene rings is 1. The van der Waals surface area contributed by atoms with Gasteiger partial charge in [0.1, 0.15) is 15.4 Å². The number of primary amides is 1. The third-order valence-electron chi connectivity index (χ3n) is 3.56. The summed E-state index contributed by atoms with van der Waals surface area (Å²) in [5.41, 5.74) is 5.69. The summed E-state index contributed by atoms with van der Waals surface area (Å²) >= 11 is 4.08. The predicted molar refractivity (Wildman–Crippen MR) is 96.7 cm³/mol. The number of rotatable bonds is 4. The van der Waals surface area contributed by atoms with E-state index < -0.39 is 23.9 Å². The van der Waals surface area contributed by atoms with Crippen LogP contribution in [0.5, 0.6) is 0 Å². The second-order valence-electron chi connectivity index (χ2n) is 5.47. The third-order valence-corrected chi connectivity index (χ3v) is 5.24. The molecule has 3 heterocycles. The molecule has 3 N–H and O–H groups in total. The van der Waals surface area contributed by atoms with E-state index >= 15 is 0 Å². The number of aryl methyl sites for hydroxylation is 2. The predicted octanol–water partition coefficient (Wildman–Crippen LogP) is 3.39. The molecule has 7 nitrogen and oxygen atoms in total. The highest BCUT2D eigenvalue weighted by molar-refractivity contribution is 9.10. The lowest BCUT2D eigenvalue weighted by Gasteiger charge is -2.07. The number of carbonyl (C=O) groups is 2. The molecule has 0 aliphatic carbocycles. The van der Waals surface area contributed by atoms with Crippen LogP contribution in [0.1, 0.15) is 37.8 Å². The van der Waals surface area contributed by atoms with E-state index in [1.54, 1.807) is 20.2 Å². The van der Waals surface area contributed by atoms with E-state index in [1.165, 1.54) is 10.7 Å². The fraction of sp³-hybridized carbons (Fsp3) is 0.200. The van der Waals surface area contributed by atoms with Gasteiger partial charge >= 0.3 is 0 Å². The van der Waals surface area contributed by atoms with Crippen LogP contribution in [-0.4, -0.2) is 26.6 Å². The fourth-order valence-electron chi connectivity index (χ4n) is 2.50.